The molecule has 0 spiro atoms. The molecule has 1 rings (SSSR count). The van der Waals surface area contributed by atoms with Crippen molar-refractivity contribution in [3.8, 4) is 0 Å². The van der Waals surface area contributed by atoms with Crippen molar-refractivity contribution in [1.82, 2.24) is 4.90 Å². The van der Waals surface area contributed by atoms with Crippen LogP contribution in [-0.4, -0.2) is 52.2 Å². The fourth-order valence-corrected chi connectivity index (χ4v) is 2.27. The lowest BCUT2D eigenvalue weighted by Gasteiger charge is -2.21. The number of carboxylic acid groups (broad SMARTS) is 1. The molecular weight excluding hydrogens is 236 g/mol. The Bertz CT molecular complexity index is 308. The number of nitrogens with zero attached hydrogens (tertiary/aromatic N) is 1. The molecule has 1 aliphatic rings. The molecule has 18 heavy (non-hydrogen) atoms. The van der Waals surface area contributed by atoms with Crippen LogP contribution in [0.3, 0.4) is 0 Å². The molecule has 1 fully saturated rings. The molecule has 6 nitrogen and oxygen atoms in total. The van der Waals surface area contributed by atoms with E-state index in [2.05, 4.69) is 0 Å². The third-order valence-corrected chi connectivity index (χ3v) is 3.39. The van der Waals surface area contributed by atoms with Crippen molar-refractivity contribution in [3.05, 3.63) is 0 Å². The Morgan fingerprint density at radius 3 is 2.67 bits per heavy atom. The van der Waals surface area contributed by atoms with Crippen LogP contribution in [0, 0.1) is 5.92 Å². The molecule has 0 aliphatic carbocycles. The van der Waals surface area contributed by atoms with Gasteiger partial charge in [0.2, 0.25) is 5.91 Å². The van der Waals surface area contributed by atoms with Gasteiger partial charge in [-0.3, -0.25) is 4.79 Å². The third-order valence-electron chi connectivity index (χ3n) is 3.39. The van der Waals surface area contributed by atoms with Gasteiger partial charge in [0.15, 0.2) is 0 Å². The molecule has 1 saturated heterocycles. The summed E-state index contributed by atoms with van der Waals surface area (Å²) in [6.45, 7) is 2.74. The highest BCUT2D eigenvalue weighted by molar-refractivity contribution is 5.84. The quantitative estimate of drug-likeness (QED) is 0.612. The van der Waals surface area contributed by atoms with Crippen LogP contribution in [-0.2, 0) is 9.59 Å². The maximum atomic E-state index is 11.9. The van der Waals surface area contributed by atoms with Gasteiger partial charge in [-0.25, -0.2) is 4.79 Å². The number of likely N-dealkylation sites (tertiary alicyclic amines) is 1. The number of aliphatic hydroxyl groups is 1. The first kappa shape index (κ1) is 14.9. The fraction of sp³-hybridized carbons (Fsp3) is 0.833. The maximum Gasteiger partial charge on any atom is 0.326 e. The van der Waals surface area contributed by atoms with Crippen molar-refractivity contribution in [2.24, 2.45) is 11.7 Å². The van der Waals surface area contributed by atoms with E-state index in [0.29, 0.717) is 25.3 Å². The number of carboxylic acids is 1. The number of hydrogen-bond acceptors (Lipinski definition) is 4. The molecule has 1 heterocycles. The van der Waals surface area contributed by atoms with E-state index in [9.17, 15) is 14.7 Å². The topological polar surface area (TPSA) is 104 Å². The zero-order valence-corrected chi connectivity index (χ0v) is 10.7. The molecular formula is C12H22N2O4. The number of aliphatic hydroxyl groups excluding tert-OH is 1. The van der Waals surface area contributed by atoms with Crippen LogP contribution in [0.4, 0.5) is 0 Å². The summed E-state index contributed by atoms with van der Waals surface area (Å²) in [5.41, 5.74) is 5.43. The number of carbonyl (C=O) groups excluding carboxylic acids is 1. The Labute approximate surface area is 107 Å². The molecule has 104 valence electrons. The predicted molar refractivity (Wildman–Crippen MR) is 65.8 cm³/mol. The molecule has 3 atom stereocenters. The van der Waals surface area contributed by atoms with Crippen LogP contribution in [0.5, 0.6) is 0 Å². The van der Waals surface area contributed by atoms with Crippen LogP contribution in [0.15, 0.2) is 0 Å². The van der Waals surface area contributed by atoms with Crippen molar-refractivity contribution in [2.75, 3.05) is 13.1 Å². The molecule has 0 aromatic heterocycles. The van der Waals surface area contributed by atoms with Crippen molar-refractivity contribution in [2.45, 2.75) is 44.8 Å². The zero-order chi connectivity index (χ0) is 13.7. The van der Waals surface area contributed by atoms with Crippen LogP contribution in [0.2, 0.25) is 0 Å². The van der Waals surface area contributed by atoms with E-state index >= 15 is 0 Å². The summed E-state index contributed by atoms with van der Waals surface area (Å²) in [4.78, 5) is 24.2. The summed E-state index contributed by atoms with van der Waals surface area (Å²) < 4.78 is 0. The Morgan fingerprint density at radius 2 is 2.11 bits per heavy atom. The van der Waals surface area contributed by atoms with E-state index in [0.717, 1.165) is 6.42 Å². The highest BCUT2D eigenvalue weighted by atomic mass is 16.4. The smallest absolute Gasteiger partial charge is 0.326 e. The average molecular weight is 258 g/mol. The molecule has 6 heteroatoms. The van der Waals surface area contributed by atoms with E-state index in [4.69, 9.17) is 10.8 Å². The Balaban J connectivity index is 2.47. The summed E-state index contributed by atoms with van der Waals surface area (Å²) in [7, 11) is 0. The molecule has 0 saturated carbocycles. The number of nitrogens with two attached hydrogens (primary N) is 1. The molecule has 0 aromatic rings. The van der Waals surface area contributed by atoms with Crippen molar-refractivity contribution >= 4 is 11.9 Å². The van der Waals surface area contributed by atoms with Crippen LogP contribution >= 0.6 is 0 Å². The summed E-state index contributed by atoms with van der Waals surface area (Å²) >= 11 is 0. The second kappa shape index (κ2) is 6.70. The van der Waals surface area contributed by atoms with Crippen LogP contribution in [0.1, 0.15) is 32.6 Å². The first-order chi connectivity index (χ1) is 8.45. The fourth-order valence-electron chi connectivity index (χ4n) is 2.27. The summed E-state index contributed by atoms with van der Waals surface area (Å²) in [6, 6.07) is -0.877. The van der Waals surface area contributed by atoms with Gasteiger partial charge in [0.05, 0.1) is 6.10 Å². The predicted octanol–water partition coefficient (Wildman–Crippen LogP) is -0.202. The van der Waals surface area contributed by atoms with Gasteiger partial charge >= 0.3 is 5.97 Å². The number of hydrogen-bond donors (Lipinski definition) is 3. The maximum absolute atomic E-state index is 11.9. The van der Waals surface area contributed by atoms with Gasteiger partial charge in [-0.15, -0.1) is 0 Å². The average Bonchev–Trinajstić information content (AvgIpc) is 2.69. The molecule has 0 radical (unpaired) electrons. The third kappa shape index (κ3) is 3.96. The highest BCUT2D eigenvalue weighted by Crippen LogP contribution is 2.20. The minimum absolute atomic E-state index is 0.124. The van der Waals surface area contributed by atoms with E-state index < -0.39 is 18.1 Å². The van der Waals surface area contributed by atoms with E-state index in [-0.39, 0.29) is 18.9 Å². The monoisotopic (exact) mass is 258 g/mol. The zero-order valence-electron chi connectivity index (χ0n) is 10.7. The van der Waals surface area contributed by atoms with Crippen LogP contribution < -0.4 is 5.73 Å². The van der Waals surface area contributed by atoms with Gasteiger partial charge in [0.25, 0.3) is 0 Å². The number of β-amino-alcohol motifs (C(OH)–C–C–N with tert-alkyl or cyclic N) is 1. The van der Waals surface area contributed by atoms with Gasteiger partial charge in [0, 0.05) is 19.4 Å². The molecule has 1 aliphatic heterocycles. The molecule has 0 aromatic carbocycles. The molecule has 1 amide bonds. The normalized spacial score (nSPS) is 25.2. The molecule has 0 bridgehead atoms. The van der Waals surface area contributed by atoms with Gasteiger partial charge < -0.3 is 20.8 Å². The summed E-state index contributed by atoms with van der Waals surface area (Å²) in [6.07, 6.45) is 1.28. The molecule has 1 unspecified atom stereocenters. The summed E-state index contributed by atoms with van der Waals surface area (Å²) in [5.74, 6) is -0.882. The number of rotatable bonds is 6. The largest absolute Gasteiger partial charge is 0.480 e. The second-order valence-corrected chi connectivity index (χ2v) is 5.01. The van der Waals surface area contributed by atoms with Gasteiger partial charge in [0.1, 0.15) is 6.04 Å². The van der Waals surface area contributed by atoms with Crippen LogP contribution in [0.25, 0.3) is 0 Å². The van der Waals surface area contributed by atoms with Gasteiger partial charge in [-0.2, -0.15) is 0 Å². The van der Waals surface area contributed by atoms with Gasteiger partial charge in [-0.05, 0) is 25.3 Å². The minimum Gasteiger partial charge on any atom is -0.480 e. The Hall–Kier alpha value is -1.14. The first-order valence-corrected chi connectivity index (χ1v) is 6.36. The number of carbonyl (C=O) groups is 2. The van der Waals surface area contributed by atoms with E-state index in [1.807, 2.05) is 6.92 Å². The van der Waals surface area contributed by atoms with Gasteiger partial charge in [-0.1, -0.05) is 6.92 Å². The summed E-state index contributed by atoms with van der Waals surface area (Å²) in [5, 5.41) is 18.4. The van der Waals surface area contributed by atoms with Crippen molar-refractivity contribution < 1.29 is 19.8 Å². The van der Waals surface area contributed by atoms with E-state index in [1.165, 1.54) is 4.90 Å². The van der Waals surface area contributed by atoms with E-state index in [1.54, 1.807) is 0 Å². The Kier molecular flexibility index (Phi) is 5.55. The standard InChI is InChI=1S/C12H22N2O4/c1-8(4-5-13)2-3-11(16)14-7-9(15)6-10(14)12(17)18/h8-10,15H,2-7,13H2,1H3,(H,17,18)/t8?,9-,10+/m1/s1. The lowest BCUT2D eigenvalue weighted by atomic mass is 10.0. The Morgan fingerprint density at radius 1 is 1.44 bits per heavy atom. The lowest BCUT2D eigenvalue weighted by molar-refractivity contribution is -0.148. The first-order valence-electron chi connectivity index (χ1n) is 6.36. The number of aliphatic carboxylic acids is 1. The van der Waals surface area contributed by atoms with Crippen molar-refractivity contribution in [1.29, 1.82) is 0 Å². The minimum atomic E-state index is -1.05. The SMILES string of the molecule is CC(CCN)CCC(=O)N1C[C@H](O)C[C@H]1C(=O)O. The highest BCUT2D eigenvalue weighted by Gasteiger charge is 2.38. The second-order valence-electron chi connectivity index (χ2n) is 5.01. The molecule has 4 N–H and O–H groups in total. The van der Waals surface area contributed by atoms with Crippen molar-refractivity contribution in [3.63, 3.8) is 0 Å². The lowest BCUT2D eigenvalue weighted by Crippen LogP contribution is -2.40. The number of amides is 1.